The molecule has 1 aromatic heterocycles. The number of urea groups is 1. The lowest BCUT2D eigenvalue weighted by atomic mass is 10.1. The van der Waals surface area contributed by atoms with Crippen LogP contribution in [0.25, 0.3) is 0 Å². The van der Waals surface area contributed by atoms with Crippen molar-refractivity contribution in [3.63, 3.8) is 0 Å². The number of hydrogen-bond donors (Lipinski definition) is 2. The Balaban J connectivity index is 1.44. The summed E-state index contributed by atoms with van der Waals surface area (Å²) in [4.78, 5) is 30.8. The zero-order valence-corrected chi connectivity index (χ0v) is 15.3. The highest BCUT2D eigenvalue weighted by atomic mass is 16.2. The van der Waals surface area contributed by atoms with Crippen molar-refractivity contribution < 1.29 is 9.59 Å². The minimum absolute atomic E-state index is 0.0856. The van der Waals surface area contributed by atoms with Gasteiger partial charge in [0, 0.05) is 36.9 Å². The number of nitrogens with zero attached hydrogens (tertiary/aromatic N) is 2. The van der Waals surface area contributed by atoms with E-state index >= 15 is 0 Å². The second kappa shape index (κ2) is 7.92. The van der Waals surface area contributed by atoms with E-state index in [-0.39, 0.29) is 11.9 Å². The summed E-state index contributed by atoms with van der Waals surface area (Å²) in [5.41, 5.74) is 4.14. The van der Waals surface area contributed by atoms with Gasteiger partial charge in [-0.25, -0.2) is 4.79 Å². The molecule has 2 heterocycles. The van der Waals surface area contributed by atoms with Gasteiger partial charge in [0.05, 0.1) is 5.56 Å². The Hall–Kier alpha value is -3.67. The molecule has 0 radical (unpaired) electrons. The number of anilines is 2. The number of rotatable bonds is 4. The van der Waals surface area contributed by atoms with Crippen LogP contribution in [-0.4, -0.2) is 23.5 Å². The highest BCUT2D eigenvalue weighted by Crippen LogP contribution is 2.32. The van der Waals surface area contributed by atoms with Gasteiger partial charge in [0.1, 0.15) is 0 Å². The van der Waals surface area contributed by atoms with E-state index in [1.807, 2.05) is 48.5 Å². The molecule has 3 amide bonds. The molecular weight excluding hydrogens is 352 g/mol. The Kier molecular flexibility index (Phi) is 5.01. The minimum Gasteiger partial charge on any atom is -0.334 e. The van der Waals surface area contributed by atoms with Crippen LogP contribution in [0, 0.1) is 0 Å². The smallest absolute Gasteiger partial charge is 0.319 e. The average molecular weight is 372 g/mol. The zero-order valence-electron chi connectivity index (χ0n) is 15.3. The zero-order chi connectivity index (χ0) is 19.3. The third kappa shape index (κ3) is 3.86. The summed E-state index contributed by atoms with van der Waals surface area (Å²) >= 11 is 0. The van der Waals surface area contributed by atoms with Crippen molar-refractivity contribution in [1.29, 1.82) is 0 Å². The van der Waals surface area contributed by atoms with E-state index < -0.39 is 0 Å². The molecule has 4 rings (SSSR count). The van der Waals surface area contributed by atoms with Crippen molar-refractivity contribution in [1.82, 2.24) is 10.3 Å². The first-order valence-corrected chi connectivity index (χ1v) is 9.14. The van der Waals surface area contributed by atoms with E-state index in [1.54, 1.807) is 29.4 Å². The Bertz CT molecular complexity index is 990. The van der Waals surface area contributed by atoms with Crippen LogP contribution in [0.3, 0.4) is 0 Å². The summed E-state index contributed by atoms with van der Waals surface area (Å²) in [6, 6.07) is 18.6. The molecule has 6 nitrogen and oxygen atoms in total. The molecular formula is C22H20N4O2. The minimum atomic E-state index is -0.285. The molecule has 0 bridgehead atoms. The first-order valence-electron chi connectivity index (χ1n) is 9.14. The lowest BCUT2D eigenvalue weighted by Gasteiger charge is -2.18. The highest BCUT2D eigenvalue weighted by molar-refractivity contribution is 6.07. The van der Waals surface area contributed by atoms with Gasteiger partial charge in [-0.1, -0.05) is 36.4 Å². The van der Waals surface area contributed by atoms with Crippen LogP contribution in [0.15, 0.2) is 73.1 Å². The predicted octanol–water partition coefficient (Wildman–Crippen LogP) is 3.61. The monoisotopic (exact) mass is 372 g/mol. The molecule has 28 heavy (non-hydrogen) atoms. The van der Waals surface area contributed by atoms with Crippen molar-refractivity contribution in [2.45, 2.75) is 13.0 Å². The predicted molar refractivity (Wildman–Crippen MR) is 108 cm³/mol. The Morgan fingerprint density at radius 1 is 1.04 bits per heavy atom. The fourth-order valence-corrected chi connectivity index (χ4v) is 3.27. The number of carbonyl (C=O) groups is 2. The van der Waals surface area contributed by atoms with Crippen LogP contribution in [0.1, 0.15) is 21.5 Å². The fraction of sp³-hybridized carbons (Fsp3) is 0.136. The van der Waals surface area contributed by atoms with Gasteiger partial charge in [0.15, 0.2) is 0 Å². The Labute approximate surface area is 163 Å². The van der Waals surface area contributed by atoms with Gasteiger partial charge >= 0.3 is 6.03 Å². The van der Waals surface area contributed by atoms with Gasteiger partial charge in [0.2, 0.25) is 0 Å². The number of benzene rings is 2. The first-order chi connectivity index (χ1) is 13.7. The number of nitrogens with one attached hydrogen (secondary N) is 2. The molecule has 6 heteroatoms. The number of amides is 3. The molecule has 2 N–H and O–H groups in total. The Morgan fingerprint density at radius 3 is 2.68 bits per heavy atom. The van der Waals surface area contributed by atoms with E-state index in [9.17, 15) is 9.59 Å². The Morgan fingerprint density at radius 2 is 1.89 bits per heavy atom. The maximum absolute atomic E-state index is 12.8. The molecule has 0 atom stereocenters. The van der Waals surface area contributed by atoms with Crippen molar-refractivity contribution in [2.75, 3.05) is 16.8 Å². The molecule has 1 aliphatic rings. The van der Waals surface area contributed by atoms with Crippen molar-refractivity contribution in [3.05, 3.63) is 89.7 Å². The first kappa shape index (κ1) is 17.7. The van der Waals surface area contributed by atoms with E-state index in [4.69, 9.17) is 0 Å². The van der Waals surface area contributed by atoms with Crippen molar-refractivity contribution in [2.24, 2.45) is 0 Å². The van der Waals surface area contributed by atoms with E-state index in [1.165, 1.54) is 0 Å². The normalized spacial score (nSPS) is 12.4. The molecule has 0 unspecified atom stereocenters. The molecule has 140 valence electrons. The lowest BCUT2D eigenvalue weighted by molar-refractivity contribution is 0.0989. The summed E-state index contributed by atoms with van der Waals surface area (Å²) in [6.45, 7) is 1.07. The van der Waals surface area contributed by atoms with Crippen molar-refractivity contribution >= 4 is 23.3 Å². The topological polar surface area (TPSA) is 74.3 Å². The van der Waals surface area contributed by atoms with E-state index in [0.29, 0.717) is 24.3 Å². The van der Waals surface area contributed by atoms with Crippen LogP contribution in [0.4, 0.5) is 16.2 Å². The molecule has 3 aromatic rings. The largest absolute Gasteiger partial charge is 0.334 e. The van der Waals surface area contributed by atoms with Crippen LogP contribution in [0.2, 0.25) is 0 Å². The quantitative estimate of drug-likeness (QED) is 0.735. The summed E-state index contributed by atoms with van der Waals surface area (Å²) in [5, 5.41) is 5.68. The summed E-state index contributed by atoms with van der Waals surface area (Å²) in [7, 11) is 0. The third-order valence-electron chi connectivity index (χ3n) is 4.69. The molecule has 1 aliphatic heterocycles. The second-order valence-corrected chi connectivity index (χ2v) is 6.59. The second-order valence-electron chi connectivity index (χ2n) is 6.59. The number of pyridine rings is 1. The molecule has 0 spiro atoms. The van der Waals surface area contributed by atoms with Crippen molar-refractivity contribution in [3.8, 4) is 0 Å². The number of fused-ring (bicyclic) bond motifs is 1. The van der Waals surface area contributed by atoms with Gasteiger partial charge in [-0.3, -0.25) is 9.78 Å². The molecule has 0 fully saturated rings. The van der Waals surface area contributed by atoms with Gasteiger partial charge in [0.25, 0.3) is 5.91 Å². The summed E-state index contributed by atoms with van der Waals surface area (Å²) in [5.74, 6) is -0.0856. The standard InChI is InChI=1S/C22H20N4O2/c27-21(18-7-4-11-23-15-18)26-12-10-17-8-9-19(13-20(17)26)25-22(28)24-14-16-5-2-1-3-6-16/h1-9,11,13,15H,10,12,14H2,(H2,24,25,28). The number of hydrogen-bond acceptors (Lipinski definition) is 3. The maximum Gasteiger partial charge on any atom is 0.319 e. The molecule has 0 aliphatic carbocycles. The SMILES string of the molecule is O=C(NCc1ccccc1)Nc1ccc2c(c1)N(C(=O)c1cccnc1)CC2. The van der Waals surface area contributed by atoms with Crippen LogP contribution < -0.4 is 15.5 Å². The van der Waals surface area contributed by atoms with Gasteiger partial charge in [-0.15, -0.1) is 0 Å². The van der Waals surface area contributed by atoms with Gasteiger partial charge in [-0.2, -0.15) is 0 Å². The van der Waals surface area contributed by atoms with Crippen LogP contribution >= 0.6 is 0 Å². The maximum atomic E-state index is 12.8. The molecule has 2 aromatic carbocycles. The average Bonchev–Trinajstić information content (AvgIpc) is 3.16. The third-order valence-corrected chi connectivity index (χ3v) is 4.69. The summed E-state index contributed by atoms with van der Waals surface area (Å²) in [6.07, 6.45) is 4.01. The van der Waals surface area contributed by atoms with Gasteiger partial charge in [-0.05, 0) is 41.8 Å². The van der Waals surface area contributed by atoms with Crippen LogP contribution in [-0.2, 0) is 13.0 Å². The van der Waals surface area contributed by atoms with Gasteiger partial charge < -0.3 is 15.5 Å². The highest BCUT2D eigenvalue weighted by Gasteiger charge is 2.26. The fourth-order valence-electron chi connectivity index (χ4n) is 3.27. The van der Waals surface area contributed by atoms with Crippen LogP contribution in [0.5, 0.6) is 0 Å². The lowest BCUT2D eigenvalue weighted by Crippen LogP contribution is -2.29. The number of aromatic nitrogens is 1. The molecule has 0 saturated carbocycles. The summed E-state index contributed by atoms with van der Waals surface area (Å²) < 4.78 is 0. The van der Waals surface area contributed by atoms with E-state index in [0.717, 1.165) is 23.2 Å². The van der Waals surface area contributed by atoms with E-state index in [2.05, 4.69) is 15.6 Å². The number of carbonyl (C=O) groups excluding carboxylic acids is 2. The molecule has 0 saturated heterocycles.